The van der Waals surface area contributed by atoms with Gasteiger partial charge in [0, 0.05) is 37.6 Å². The summed E-state index contributed by atoms with van der Waals surface area (Å²) in [6.45, 7) is 10.2. The maximum Gasteiger partial charge on any atom is 0.246 e. The van der Waals surface area contributed by atoms with Crippen LogP contribution >= 0.6 is 0 Å². The van der Waals surface area contributed by atoms with E-state index >= 15 is 0 Å². The van der Waals surface area contributed by atoms with E-state index in [4.69, 9.17) is 4.74 Å². The lowest BCUT2D eigenvalue weighted by atomic mass is 9.96. The molecule has 0 unspecified atom stereocenters. The molecule has 2 saturated heterocycles. The van der Waals surface area contributed by atoms with Gasteiger partial charge in [-0.05, 0) is 61.4 Å². The van der Waals surface area contributed by atoms with Crippen LogP contribution < -0.4 is 10.2 Å². The van der Waals surface area contributed by atoms with Crippen molar-refractivity contribution < 1.29 is 9.13 Å². The second-order valence-electron chi connectivity index (χ2n) is 8.82. The molecule has 2 fully saturated rings. The smallest absolute Gasteiger partial charge is 0.246 e. The number of aromatic nitrogens is 3. The molecule has 5 rings (SSSR count). The Morgan fingerprint density at radius 2 is 1.78 bits per heavy atom. The summed E-state index contributed by atoms with van der Waals surface area (Å²) >= 11 is 0. The van der Waals surface area contributed by atoms with Crippen LogP contribution in [0.3, 0.4) is 0 Å². The predicted octanol–water partition coefficient (Wildman–Crippen LogP) is 3.62. The largest absolute Gasteiger partial charge is 0.377 e. The Morgan fingerprint density at radius 3 is 2.44 bits per heavy atom. The number of nitrogens with one attached hydrogen (secondary N) is 1. The van der Waals surface area contributed by atoms with Crippen molar-refractivity contribution in [3.8, 4) is 5.69 Å². The van der Waals surface area contributed by atoms with Gasteiger partial charge in [0.25, 0.3) is 0 Å². The van der Waals surface area contributed by atoms with Gasteiger partial charge in [-0.2, -0.15) is 4.98 Å². The third-order valence-electron chi connectivity index (χ3n) is 6.46. The summed E-state index contributed by atoms with van der Waals surface area (Å²) in [5.41, 5.74) is 4.43. The average molecular weight is 437 g/mol. The molecule has 0 atom stereocenters. The first kappa shape index (κ1) is 20.9. The molecule has 8 heteroatoms. The molecule has 0 bridgehead atoms. The molecule has 7 nitrogen and oxygen atoms in total. The molecule has 32 heavy (non-hydrogen) atoms. The fraction of sp³-hybridized carbons (Fsp3) is 0.417. The molecule has 0 aliphatic carbocycles. The number of piperazine rings is 1. The Labute approximate surface area is 187 Å². The standard InChI is InChI=1S/C24H29FN6O/c1-3-18-12-20(27-23-26-17-31(28-23)21-6-4-19(25)5-7-21)14-22(13-18)29-8-10-30(11-9-29)24(2)15-32-16-24/h4-7,12-14,17H,3,8-11,15-16H2,1-2H3,(H,27,28). The molecule has 3 aromatic rings. The summed E-state index contributed by atoms with van der Waals surface area (Å²) in [5, 5.41) is 7.84. The minimum atomic E-state index is -0.271. The first-order valence-corrected chi connectivity index (χ1v) is 11.2. The van der Waals surface area contributed by atoms with Crippen LogP contribution in [0.15, 0.2) is 48.8 Å². The van der Waals surface area contributed by atoms with E-state index in [1.807, 2.05) is 0 Å². The topological polar surface area (TPSA) is 58.5 Å². The normalized spacial score (nSPS) is 18.4. The minimum absolute atomic E-state index is 0.207. The van der Waals surface area contributed by atoms with E-state index in [1.165, 1.54) is 23.4 Å². The predicted molar refractivity (Wildman–Crippen MR) is 123 cm³/mol. The fourth-order valence-electron chi connectivity index (χ4n) is 4.39. The second-order valence-corrected chi connectivity index (χ2v) is 8.82. The Bertz CT molecular complexity index is 1070. The van der Waals surface area contributed by atoms with Gasteiger partial charge < -0.3 is 15.0 Å². The van der Waals surface area contributed by atoms with Crippen LogP contribution in [0, 0.1) is 5.82 Å². The van der Waals surface area contributed by atoms with Gasteiger partial charge in [-0.3, -0.25) is 4.90 Å². The molecule has 0 radical (unpaired) electrons. The van der Waals surface area contributed by atoms with Gasteiger partial charge in [0.2, 0.25) is 5.95 Å². The van der Waals surface area contributed by atoms with Crippen LogP contribution in [0.25, 0.3) is 5.69 Å². The van der Waals surface area contributed by atoms with Gasteiger partial charge in [-0.25, -0.2) is 9.07 Å². The van der Waals surface area contributed by atoms with Crippen LogP contribution in [-0.4, -0.2) is 64.6 Å². The van der Waals surface area contributed by atoms with Gasteiger partial charge in [-0.15, -0.1) is 5.10 Å². The lowest BCUT2D eigenvalue weighted by molar-refractivity contribution is -0.131. The van der Waals surface area contributed by atoms with Crippen LogP contribution in [0.2, 0.25) is 0 Å². The number of hydrogen-bond donors (Lipinski definition) is 1. The molecule has 2 aliphatic heterocycles. The van der Waals surface area contributed by atoms with Gasteiger partial charge in [0.1, 0.15) is 12.1 Å². The third kappa shape index (κ3) is 4.20. The molecule has 1 aromatic heterocycles. The van der Waals surface area contributed by atoms with Crippen molar-refractivity contribution in [3.63, 3.8) is 0 Å². The van der Waals surface area contributed by atoms with Crippen LogP contribution in [0.1, 0.15) is 19.4 Å². The molecule has 1 N–H and O–H groups in total. The molecular formula is C24H29FN6O. The Kier molecular flexibility index (Phi) is 5.57. The number of rotatable bonds is 6. The SMILES string of the molecule is CCc1cc(Nc2ncn(-c3ccc(F)cc3)n2)cc(N2CCN(C3(C)COC3)CC2)c1. The first-order chi connectivity index (χ1) is 15.5. The van der Waals surface area contributed by atoms with E-state index in [-0.39, 0.29) is 11.4 Å². The lowest BCUT2D eigenvalue weighted by Gasteiger charge is -2.50. The number of benzene rings is 2. The van der Waals surface area contributed by atoms with Crippen molar-refractivity contribution in [2.45, 2.75) is 25.8 Å². The molecule has 168 valence electrons. The maximum atomic E-state index is 13.2. The zero-order valence-electron chi connectivity index (χ0n) is 18.6. The van der Waals surface area contributed by atoms with Crippen LogP contribution in [0.5, 0.6) is 0 Å². The van der Waals surface area contributed by atoms with Crippen LogP contribution in [0.4, 0.5) is 21.7 Å². The van der Waals surface area contributed by atoms with Crippen molar-refractivity contribution in [1.29, 1.82) is 0 Å². The van der Waals surface area contributed by atoms with E-state index < -0.39 is 0 Å². The summed E-state index contributed by atoms with van der Waals surface area (Å²) < 4.78 is 20.3. The van der Waals surface area contributed by atoms with E-state index in [0.717, 1.165) is 57.2 Å². The molecular weight excluding hydrogens is 407 g/mol. The van der Waals surface area contributed by atoms with E-state index in [2.05, 4.69) is 57.2 Å². The zero-order valence-corrected chi connectivity index (χ0v) is 18.6. The highest BCUT2D eigenvalue weighted by molar-refractivity contribution is 5.64. The highest BCUT2D eigenvalue weighted by Crippen LogP contribution is 2.29. The summed E-state index contributed by atoms with van der Waals surface area (Å²) in [4.78, 5) is 9.39. The monoisotopic (exact) mass is 436 g/mol. The molecule has 0 saturated carbocycles. The van der Waals surface area contributed by atoms with E-state index in [9.17, 15) is 4.39 Å². The third-order valence-corrected chi connectivity index (χ3v) is 6.46. The molecule has 2 aliphatic rings. The van der Waals surface area contributed by atoms with Crippen molar-refractivity contribution in [1.82, 2.24) is 19.7 Å². The molecule has 2 aromatic carbocycles. The fourth-order valence-corrected chi connectivity index (χ4v) is 4.39. The Morgan fingerprint density at radius 1 is 1.03 bits per heavy atom. The Balaban J connectivity index is 1.30. The summed E-state index contributed by atoms with van der Waals surface area (Å²) in [6.07, 6.45) is 2.58. The highest BCUT2D eigenvalue weighted by Gasteiger charge is 2.40. The average Bonchev–Trinajstić information content (AvgIpc) is 3.26. The molecule has 0 spiro atoms. The highest BCUT2D eigenvalue weighted by atomic mass is 19.1. The first-order valence-electron chi connectivity index (χ1n) is 11.2. The van der Waals surface area contributed by atoms with Gasteiger partial charge in [0.15, 0.2) is 0 Å². The van der Waals surface area contributed by atoms with Gasteiger partial charge in [0.05, 0.1) is 24.4 Å². The van der Waals surface area contributed by atoms with Crippen molar-refractivity contribution in [2.24, 2.45) is 0 Å². The van der Waals surface area contributed by atoms with Crippen molar-refractivity contribution in [2.75, 3.05) is 49.6 Å². The van der Waals surface area contributed by atoms with Gasteiger partial charge >= 0.3 is 0 Å². The minimum Gasteiger partial charge on any atom is -0.377 e. The van der Waals surface area contributed by atoms with E-state index in [1.54, 1.807) is 23.1 Å². The van der Waals surface area contributed by atoms with Crippen molar-refractivity contribution >= 4 is 17.3 Å². The number of nitrogens with zero attached hydrogens (tertiary/aromatic N) is 5. The number of hydrogen-bond acceptors (Lipinski definition) is 6. The van der Waals surface area contributed by atoms with E-state index in [0.29, 0.717) is 5.95 Å². The summed E-state index contributed by atoms with van der Waals surface area (Å²) in [7, 11) is 0. The molecule has 3 heterocycles. The quantitative estimate of drug-likeness (QED) is 0.637. The Hall–Kier alpha value is -2.97. The summed E-state index contributed by atoms with van der Waals surface area (Å²) in [5.74, 6) is 0.239. The number of anilines is 3. The number of ether oxygens (including phenoxy) is 1. The van der Waals surface area contributed by atoms with Crippen molar-refractivity contribution in [3.05, 3.63) is 60.2 Å². The zero-order chi connectivity index (χ0) is 22.1. The maximum absolute atomic E-state index is 13.2. The molecule has 0 amide bonds. The van der Waals surface area contributed by atoms with Crippen LogP contribution in [-0.2, 0) is 11.2 Å². The number of aryl methyl sites for hydroxylation is 1. The summed E-state index contributed by atoms with van der Waals surface area (Å²) in [6, 6.07) is 12.8. The lowest BCUT2D eigenvalue weighted by Crippen LogP contribution is -2.64. The van der Waals surface area contributed by atoms with Gasteiger partial charge in [-0.1, -0.05) is 6.92 Å². The number of halogens is 1. The second kappa shape index (κ2) is 8.52.